The molecule has 0 N–H and O–H groups in total. The number of hydrogen-bond donors (Lipinski definition) is 0. The van der Waals surface area contributed by atoms with Crippen LogP contribution >= 0.6 is 0 Å². The number of halogens is 1. The number of ether oxygens (including phenoxy) is 1. The third-order valence-corrected chi connectivity index (χ3v) is 8.57. The largest absolute Gasteiger partial charge is 0.496 e. The molecule has 0 radical (unpaired) electrons. The number of aromatic nitrogens is 4. The Morgan fingerprint density at radius 1 is 1.12 bits per heavy atom. The summed E-state index contributed by atoms with van der Waals surface area (Å²) in [6.07, 6.45) is 5.58. The fraction of sp³-hybridized carbons (Fsp3) is 0.292. The maximum absolute atomic E-state index is 15.0. The molecule has 5 rings (SSSR count). The van der Waals surface area contributed by atoms with Crippen LogP contribution < -0.4 is 4.74 Å². The van der Waals surface area contributed by atoms with Gasteiger partial charge in [-0.05, 0) is 55.7 Å². The minimum Gasteiger partial charge on any atom is -0.496 e. The summed E-state index contributed by atoms with van der Waals surface area (Å²) in [5.74, 6) is -0.135. The normalized spacial score (nSPS) is 14.4. The summed E-state index contributed by atoms with van der Waals surface area (Å²) in [5.41, 5.74) is 3.57. The highest BCUT2D eigenvalue weighted by atomic mass is 32.2. The van der Waals surface area contributed by atoms with Gasteiger partial charge in [0.2, 0.25) is 0 Å². The molecule has 0 aliphatic heterocycles. The van der Waals surface area contributed by atoms with Crippen LogP contribution in [0.25, 0.3) is 33.4 Å². The predicted octanol–water partition coefficient (Wildman–Crippen LogP) is 4.65. The zero-order valence-corrected chi connectivity index (χ0v) is 19.1. The molecule has 1 aliphatic rings. The molecule has 0 spiro atoms. The second-order valence-electron chi connectivity index (χ2n) is 8.12. The fourth-order valence-corrected chi connectivity index (χ4v) is 6.03. The van der Waals surface area contributed by atoms with Crippen molar-refractivity contribution >= 4 is 21.0 Å². The summed E-state index contributed by atoms with van der Waals surface area (Å²) >= 11 is 0. The zero-order valence-electron chi connectivity index (χ0n) is 18.3. The van der Waals surface area contributed by atoms with Crippen LogP contribution in [0.4, 0.5) is 4.39 Å². The molecule has 33 heavy (non-hydrogen) atoms. The van der Waals surface area contributed by atoms with Crippen LogP contribution in [0.15, 0.2) is 53.8 Å². The lowest BCUT2D eigenvalue weighted by molar-refractivity contribution is 0.414. The van der Waals surface area contributed by atoms with E-state index in [4.69, 9.17) is 4.74 Å². The lowest BCUT2D eigenvalue weighted by Crippen LogP contribution is -2.28. The van der Waals surface area contributed by atoms with Gasteiger partial charge in [-0.15, -0.1) is 5.10 Å². The van der Waals surface area contributed by atoms with Gasteiger partial charge in [-0.1, -0.05) is 12.5 Å². The van der Waals surface area contributed by atoms with Crippen LogP contribution in [0.5, 0.6) is 5.75 Å². The first kappa shape index (κ1) is 21.5. The molecule has 7 nitrogen and oxygen atoms in total. The van der Waals surface area contributed by atoms with E-state index in [1.807, 2.05) is 11.5 Å². The molecular weight excluding hydrogens is 443 g/mol. The van der Waals surface area contributed by atoms with Gasteiger partial charge in [-0.2, -0.15) is 5.10 Å². The SMILES string of the molecule is CCn1cnc2c(-c3ccc(F)c(-c4ccc(S(=O)(=O)C5CCC5)cc4OC)c3)cnnc21. The maximum Gasteiger partial charge on any atom is 0.183 e. The summed E-state index contributed by atoms with van der Waals surface area (Å²) in [4.78, 5) is 4.67. The van der Waals surface area contributed by atoms with Crippen LogP contribution in [0.2, 0.25) is 0 Å². The summed E-state index contributed by atoms with van der Waals surface area (Å²) in [5, 5.41) is 7.93. The van der Waals surface area contributed by atoms with E-state index in [-0.39, 0.29) is 10.1 Å². The Morgan fingerprint density at radius 2 is 1.94 bits per heavy atom. The van der Waals surface area contributed by atoms with Crippen molar-refractivity contribution in [3.05, 3.63) is 54.7 Å². The lowest BCUT2D eigenvalue weighted by atomic mass is 9.98. The smallest absolute Gasteiger partial charge is 0.183 e. The molecule has 2 heterocycles. The van der Waals surface area contributed by atoms with Crippen molar-refractivity contribution in [3.8, 4) is 28.0 Å². The van der Waals surface area contributed by atoms with Gasteiger partial charge in [0, 0.05) is 23.2 Å². The average Bonchev–Trinajstić information content (AvgIpc) is 3.21. The molecule has 0 amide bonds. The fourth-order valence-electron chi connectivity index (χ4n) is 4.16. The zero-order chi connectivity index (χ0) is 23.2. The number of methoxy groups -OCH3 is 1. The van der Waals surface area contributed by atoms with Crippen LogP contribution in [-0.4, -0.2) is 40.5 Å². The summed E-state index contributed by atoms with van der Waals surface area (Å²) < 4.78 is 48.0. The van der Waals surface area contributed by atoms with E-state index >= 15 is 0 Å². The second kappa shape index (κ2) is 8.22. The van der Waals surface area contributed by atoms with Crippen LogP contribution in [0.3, 0.4) is 0 Å². The second-order valence-corrected chi connectivity index (χ2v) is 10.3. The first-order valence-corrected chi connectivity index (χ1v) is 12.4. The minimum absolute atomic E-state index is 0.203. The van der Waals surface area contributed by atoms with Crippen molar-refractivity contribution in [1.29, 1.82) is 0 Å². The molecule has 2 aromatic heterocycles. The number of fused-ring (bicyclic) bond motifs is 1. The van der Waals surface area contributed by atoms with E-state index in [1.54, 1.807) is 30.7 Å². The molecule has 170 valence electrons. The van der Waals surface area contributed by atoms with Gasteiger partial charge in [-0.3, -0.25) is 0 Å². The van der Waals surface area contributed by atoms with Crippen molar-refractivity contribution in [2.75, 3.05) is 7.11 Å². The van der Waals surface area contributed by atoms with Crippen molar-refractivity contribution in [1.82, 2.24) is 19.7 Å². The van der Waals surface area contributed by atoms with E-state index in [0.29, 0.717) is 47.4 Å². The van der Waals surface area contributed by atoms with Gasteiger partial charge in [0.05, 0.1) is 29.8 Å². The molecule has 1 aliphatic carbocycles. The molecule has 0 unspecified atom stereocenters. The van der Waals surface area contributed by atoms with Crippen LogP contribution in [-0.2, 0) is 16.4 Å². The average molecular weight is 467 g/mol. The summed E-state index contributed by atoms with van der Waals surface area (Å²) in [6, 6.07) is 9.39. The Kier molecular flexibility index (Phi) is 5.36. The number of rotatable bonds is 6. The Bertz CT molecular complexity index is 1460. The first-order chi connectivity index (χ1) is 15.9. The highest BCUT2D eigenvalue weighted by Crippen LogP contribution is 2.39. The van der Waals surface area contributed by atoms with E-state index in [9.17, 15) is 12.8 Å². The van der Waals surface area contributed by atoms with Gasteiger partial charge in [-0.25, -0.2) is 17.8 Å². The summed E-state index contributed by atoms with van der Waals surface area (Å²) in [6.45, 7) is 2.70. The third-order valence-electron chi connectivity index (χ3n) is 6.31. The molecular formula is C24H23FN4O3S. The van der Waals surface area contributed by atoms with Crippen molar-refractivity contribution in [3.63, 3.8) is 0 Å². The molecule has 4 aromatic rings. The number of benzene rings is 2. The Labute approximate surface area is 191 Å². The number of aryl methyl sites for hydroxylation is 1. The third kappa shape index (κ3) is 3.56. The van der Waals surface area contributed by atoms with E-state index in [1.165, 1.54) is 25.3 Å². The monoisotopic (exact) mass is 466 g/mol. The minimum atomic E-state index is -3.42. The van der Waals surface area contributed by atoms with Gasteiger partial charge >= 0.3 is 0 Å². The first-order valence-electron chi connectivity index (χ1n) is 10.8. The highest BCUT2D eigenvalue weighted by Gasteiger charge is 2.33. The topological polar surface area (TPSA) is 87.0 Å². The van der Waals surface area contributed by atoms with Crippen molar-refractivity contribution < 1.29 is 17.5 Å². The molecule has 0 bridgehead atoms. The van der Waals surface area contributed by atoms with Crippen molar-refractivity contribution in [2.24, 2.45) is 0 Å². The molecule has 1 fully saturated rings. The van der Waals surface area contributed by atoms with Gasteiger partial charge in [0.15, 0.2) is 15.5 Å². The molecule has 9 heteroatoms. The number of imidazole rings is 1. The maximum atomic E-state index is 15.0. The van der Waals surface area contributed by atoms with Crippen molar-refractivity contribution in [2.45, 2.75) is 42.9 Å². The summed E-state index contributed by atoms with van der Waals surface area (Å²) in [7, 11) is -1.97. The molecule has 1 saturated carbocycles. The molecule has 2 aromatic carbocycles. The van der Waals surface area contributed by atoms with E-state index in [2.05, 4.69) is 15.2 Å². The predicted molar refractivity (Wildman–Crippen MR) is 123 cm³/mol. The Morgan fingerprint density at radius 3 is 2.64 bits per heavy atom. The standard InChI is InChI=1S/C24H23FN4O3S/c1-3-29-14-26-23-20(13-27-28-24(23)29)15-7-10-21(25)19(11-15)18-9-8-17(12-22(18)32-2)33(30,31)16-5-4-6-16/h7-14,16H,3-6H2,1-2H3. The Hall–Kier alpha value is -3.33. The van der Waals surface area contributed by atoms with E-state index < -0.39 is 15.7 Å². The molecule has 0 atom stereocenters. The lowest BCUT2D eigenvalue weighted by Gasteiger charge is -2.25. The van der Waals surface area contributed by atoms with Gasteiger partial charge in [0.1, 0.15) is 17.1 Å². The van der Waals surface area contributed by atoms with E-state index in [0.717, 1.165) is 17.5 Å². The number of sulfone groups is 1. The number of hydrogen-bond acceptors (Lipinski definition) is 6. The Balaban J connectivity index is 1.61. The van der Waals surface area contributed by atoms with Gasteiger partial charge in [0.25, 0.3) is 0 Å². The quantitative estimate of drug-likeness (QED) is 0.411. The highest BCUT2D eigenvalue weighted by molar-refractivity contribution is 7.92. The van der Waals surface area contributed by atoms with Crippen LogP contribution in [0.1, 0.15) is 26.2 Å². The van der Waals surface area contributed by atoms with Crippen LogP contribution in [0, 0.1) is 5.82 Å². The number of nitrogens with zero attached hydrogens (tertiary/aromatic N) is 4. The van der Waals surface area contributed by atoms with Gasteiger partial charge < -0.3 is 9.30 Å². The molecule has 0 saturated heterocycles.